The molecule has 6 aromatic heterocycles. The number of hydrogen-bond donors (Lipinski definition) is 0. The van der Waals surface area contributed by atoms with E-state index in [0.29, 0.717) is 11.6 Å². The topological polar surface area (TPSA) is 71.3 Å². The van der Waals surface area contributed by atoms with Crippen LogP contribution in [-0.2, 0) is 0 Å². The van der Waals surface area contributed by atoms with E-state index < -0.39 is 0 Å². The van der Waals surface area contributed by atoms with Crippen molar-refractivity contribution in [3.63, 3.8) is 0 Å². The van der Waals surface area contributed by atoms with Gasteiger partial charge in [-0.15, -0.1) is 0 Å². The number of benzene rings is 16. The van der Waals surface area contributed by atoms with Crippen LogP contribution in [0.4, 0.5) is 0 Å². The molecule has 0 spiro atoms. The van der Waals surface area contributed by atoms with E-state index >= 15 is 0 Å². The molecule has 2 aliphatic carbocycles. The average Bonchev–Trinajstić information content (AvgIpc) is 1.56. The summed E-state index contributed by atoms with van der Waals surface area (Å²) < 4.78 is 9.67. The van der Waals surface area contributed by atoms with Crippen LogP contribution < -0.4 is 0 Å². The zero-order valence-electron chi connectivity index (χ0n) is 58.1. The fraction of sp³-hybridized carbons (Fsp3) is 0. The van der Waals surface area contributed by atoms with E-state index in [4.69, 9.17) is 19.9 Å². The molecule has 2 aliphatic rings. The Bertz CT molecular complexity index is 7600. The van der Waals surface area contributed by atoms with Crippen molar-refractivity contribution >= 4 is 109 Å². The minimum Gasteiger partial charge on any atom is -0.309 e. The second kappa shape index (κ2) is 22.5. The van der Waals surface area contributed by atoms with Crippen LogP contribution in [0, 0.1) is 0 Å². The summed E-state index contributed by atoms with van der Waals surface area (Å²) in [6, 6.07) is 128. The van der Waals surface area contributed by atoms with E-state index in [0.717, 1.165) is 140 Å². The first kappa shape index (κ1) is 58.9. The molecular formula is C100H58N8. The van der Waals surface area contributed by atoms with E-state index in [-0.39, 0.29) is 0 Å². The molecule has 0 aliphatic heterocycles. The Kier molecular flexibility index (Phi) is 12.2. The molecule has 8 nitrogen and oxygen atoms in total. The van der Waals surface area contributed by atoms with Gasteiger partial charge in [0, 0.05) is 110 Å². The molecule has 6 heterocycles. The third-order valence-electron chi connectivity index (χ3n) is 23.0. The molecule has 0 fully saturated rings. The van der Waals surface area contributed by atoms with E-state index in [9.17, 15) is 0 Å². The monoisotopic (exact) mass is 1370 g/mol. The van der Waals surface area contributed by atoms with Crippen LogP contribution in [0.15, 0.2) is 352 Å². The lowest BCUT2D eigenvalue weighted by atomic mass is 9.93. The molecule has 16 aromatic carbocycles. The third kappa shape index (κ3) is 8.39. The molecule has 0 bridgehead atoms. The van der Waals surface area contributed by atoms with Gasteiger partial charge in [-0.2, -0.15) is 0 Å². The summed E-state index contributed by atoms with van der Waals surface area (Å²) in [5.41, 5.74) is 30.4. The first-order valence-electron chi connectivity index (χ1n) is 36.9. The second-order valence-electron chi connectivity index (χ2n) is 28.7. The van der Waals surface area contributed by atoms with Gasteiger partial charge in [-0.1, -0.05) is 237 Å². The Morgan fingerprint density at radius 2 is 0.528 bits per heavy atom. The Hall–Kier alpha value is -14.6. The van der Waals surface area contributed by atoms with Gasteiger partial charge in [0.25, 0.3) is 0 Å². The molecule has 0 unspecified atom stereocenters. The van der Waals surface area contributed by atoms with Gasteiger partial charge in [0.2, 0.25) is 0 Å². The van der Waals surface area contributed by atoms with Crippen molar-refractivity contribution in [2.24, 2.45) is 0 Å². The zero-order chi connectivity index (χ0) is 70.4. The first-order chi connectivity index (χ1) is 53.6. The quantitative estimate of drug-likeness (QED) is 0.144. The summed E-state index contributed by atoms with van der Waals surface area (Å²) in [5, 5.41) is 14.4. The molecule has 0 radical (unpaired) electrons. The number of hydrogen-bond acceptors (Lipinski definition) is 4. The fourth-order valence-electron chi connectivity index (χ4n) is 18.4. The van der Waals surface area contributed by atoms with Crippen molar-refractivity contribution in [3.05, 3.63) is 352 Å². The normalized spacial score (nSPS) is 12.3. The zero-order valence-corrected chi connectivity index (χ0v) is 58.1. The van der Waals surface area contributed by atoms with E-state index in [2.05, 4.69) is 370 Å². The largest absolute Gasteiger partial charge is 0.309 e. The summed E-state index contributed by atoms with van der Waals surface area (Å²) >= 11 is 0. The van der Waals surface area contributed by atoms with Crippen molar-refractivity contribution in [2.45, 2.75) is 0 Å². The predicted octanol–water partition coefficient (Wildman–Crippen LogP) is 25.6. The maximum Gasteiger partial charge on any atom is 0.160 e. The third-order valence-corrected chi connectivity index (χ3v) is 23.0. The van der Waals surface area contributed by atoms with Crippen molar-refractivity contribution in [1.29, 1.82) is 0 Å². The maximum atomic E-state index is 5.62. The van der Waals surface area contributed by atoms with Crippen LogP contribution in [0.5, 0.6) is 0 Å². The van der Waals surface area contributed by atoms with E-state index in [1.165, 1.54) is 81.2 Å². The van der Waals surface area contributed by atoms with Crippen molar-refractivity contribution in [2.75, 3.05) is 0 Å². The highest BCUT2D eigenvalue weighted by atomic mass is 15.0. The van der Waals surface area contributed by atoms with Gasteiger partial charge in [0.1, 0.15) is 0 Å². The van der Waals surface area contributed by atoms with Crippen LogP contribution in [0.3, 0.4) is 0 Å². The van der Waals surface area contributed by atoms with Crippen LogP contribution in [0.2, 0.25) is 0 Å². The van der Waals surface area contributed by atoms with Crippen molar-refractivity contribution in [3.8, 4) is 124 Å². The summed E-state index contributed by atoms with van der Waals surface area (Å²) in [5.74, 6) is 1.40. The lowest BCUT2D eigenvalue weighted by molar-refractivity contribution is 1.16. The lowest BCUT2D eigenvalue weighted by Crippen LogP contribution is -1.99. The minimum atomic E-state index is 0.692. The molecular weight excluding hydrogens is 1310 g/mol. The Morgan fingerprint density at radius 3 is 1.08 bits per heavy atom. The summed E-state index contributed by atoms with van der Waals surface area (Å²) in [7, 11) is 0. The molecule has 108 heavy (non-hydrogen) atoms. The molecule has 0 N–H and O–H groups in total. The Balaban J connectivity index is 0.603. The van der Waals surface area contributed by atoms with Gasteiger partial charge in [0.15, 0.2) is 11.6 Å². The van der Waals surface area contributed by atoms with Gasteiger partial charge in [-0.05, 0) is 159 Å². The number of rotatable bonds is 9. The minimum absolute atomic E-state index is 0.692. The number of para-hydroxylation sites is 5. The highest BCUT2D eigenvalue weighted by Crippen LogP contribution is 2.54. The molecule has 0 amide bonds. The highest BCUT2D eigenvalue weighted by molar-refractivity contribution is 6.22. The first-order valence-corrected chi connectivity index (χ1v) is 36.9. The predicted molar refractivity (Wildman–Crippen MR) is 446 cm³/mol. The van der Waals surface area contributed by atoms with Gasteiger partial charge in [-0.3, -0.25) is 0 Å². The average molecular weight is 1370 g/mol. The number of aromatic nitrogens is 8. The summed E-state index contributed by atoms with van der Waals surface area (Å²) in [6.07, 6.45) is 0. The maximum absolute atomic E-state index is 5.62. The molecule has 22 aromatic rings. The summed E-state index contributed by atoms with van der Waals surface area (Å²) in [6.45, 7) is 0. The number of fused-ring (bicyclic) bond motifs is 18. The molecule has 24 rings (SSSR count). The van der Waals surface area contributed by atoms with Crippen LogP contribution in [-0.4, -0.2) is 38.2 Å². The Labute approximate surface area is 618 Å². The summed E-state index contributed by atoms with van der Waals surface area (Å²) in [4.78, 5) is 22.0. The van der Waals surface area contributed by atoms with E-state index in [1.807, 2.05) is 0 Å². The molecule has 8 heteroatoms. The second-order valence-corrected chi connectivity index (χ2v) is 28.7. The van der Waals surface area contributed by atoms with Gasteiger partial charge in [0.05, 0.1) is 66.9 Å². The number of nitrogens with zero attached hydrogens (tertiary/aromatic N) is 8. The van der Waals surface area contributed by atoms with Crippen molar-refractivity contribution < 1.29 is 0 Å². The fourth-order valence-corrected chi connectivity index (χ4v) is 18.4. The van der Waals surface area contributed by atoms with Crippen LogP contribution in [0.25, 0.3) is 233 Å². The lowest BCUT2D eigenvalue weighted by Gasteiger charge is -2.14. The highest BCUT2D eigenvalue weighted by Gasteiger charge is 2.32. The van der Waals surface area contributed by atoms with Crippen molar-refractivity contribution in [1.82, 2.24) is 38.2 Å². The molecule has 498 valence electrons. The molecule has 0 atom stereocenters. The molecule has 0 saturated carbocycles. The Morgan fingerprint density at radius 1 is 0.176 bits per heavy atom. The van der Waals surface area contributed by atoms with E-state index in [1.54, 1.807) is 0 Å². The smallest absolute Gasteiger partial charge is 0.160 e. The van der Waals surface area contributed by atoms with Gasteiger partial charge >= 0.3 is 0 Å². The molecule has 0 saturated heterocycles. The van der Waals surface area contributed by atoms with Gasteiger partial charge in [-0.25, -0.2) is 19.9 Å². The van der Waals surface area contributed by atoms with Crippen LogP contribution in [0.1, 0.15) is 0 Å². The standard InChI is InChI=1S/C100H58N8/c1-3-21-60(22-4-1)95-93-76-35-18-25-59-26-19-37-78(91(59)76)97(93)103-100(101-95)62-43-46-65(47-44-62)105-85-40-14-10-32-73(85)81-58-68(48-53-89(81)105)108-86-41-15-9-31-72(86)80-56-63(45-52-88(80)108)69-50-51-79-92-75(69)34-20-36-77(92)94-96(102-99(104-98(79)94)61-23-5-2-6-24-61)64-27-17-28-66(55-64)106-87-42-16-11-33-74(87)82-57-67(49-54-90(82)106)107-83-38-12-7-29-70(83)71-30-8-13-39-84(71)107/h1-58H. The van der Waals surface area contributed by atoms with Crippen LogP contribution >= 0.6 is 0 Å². The SMILES string of the molecule is c1ccc(-c2nc(-c3cccc(-n4c5ccccc5c5cc(-n6c7ccccc7c7ccccc76)ccc54)c3)c3c(n2)-c2ccc(-c4ccc5c(c4)c4ccccc4n5-c4ccc5c(c4)c4ccccc4n5-c4ccc(-c5nc(-c6ccccc6)c6c(n5)-c5cccc7cccc-6c57)cc4)c4cccc-3c24)cc1. The van der Waals surface area contributed by atoms with Gasteiger partial charge < -0.3 is 18.3 Å².